The lowest BCUT2D eigenvalue weighted by Gasteiger charge is -2.40. The first-order chi connectivity index (χ1) is 19.5. The van der Waals surface area contributed by atoms with Crippen LogP contribution < -0.4 is 25.0 Å². The molecule has 3 atom stereocenters. The Morgan fingerprint density at radius 1 is 0.780 bits per heavy atom. The number of benzene rings is 2. The molecule has 2 fully saturated rings. The number of rotatable bonds is 8. The van der Waals surface area contributed by atoms with Gasteiger partial charge in [0.25, 0.3) is 6.01 Å². The van der Waals surface area contributed by atoms with Crippen molar-refractivity contribution in [3.8, 4) is 22.8 Å². The first kappa shape index (κ1) is 28.9. The Morgan fingerprint density at radius 3 is 2.02 bits per heavy atom. The van der Waals surface area contributed by atoms with Gasteiger partial charge in [0, 0.05) is 42.5 Å². The highest BCUT2D eigenvalue weighted by atomic mass is 19.4. The van der Waals surface area contributed by atoms with E-state index in [4.69, 9.17) is 4.42 Å². The van der Waals surface area contributed by atoms with Gasteiger partial charge in [-0.05, 0) is 74.2 Å². The van der Waals surface area contributed by atoms with Gasteiger partial charge in [0.1, 0.15) is 11.5 Å². The molecule has 2 N–H and O–H groups in total. The summed E-state index contributed by atoms with van der Waals surface area (Å²) in [6, 6.07) is 12.1. The molecule has 3 aromatic rings. The van der Waals surface area contributed by atoms with Crippen LogP contribution in [0.4, 0.5) is 38.0 Å². The summed E-state index contributed by atoms with van der Waals surface area (Å²) < 4.78 is 88.5. The summed E-state index contributed by atoms with van der Waals surface area (Å²) in [5.74, 6) is -0.142. The zero-order chi connectivity index (χ0) is 29.0. The summed E-state index contributed by atoms with van der Waals surface area (Å²) in [4.78, 5) is 6.49. The molecule has 2 aliphatic rings. The normalized spacial score (nSPS) is 21.9. The number of hydrogen-bond donors (Lipinski definition) is 2. The molecule has 5 rings (SSSR count). The Kier molecular flexibility index (Phi) is 8.52. The Labute approximate surface area is 232 Å². The van der Waals surface area contributed by atoms with E-state index >= 15 is 0 Å². The Bertz CT molecular complexity index is 1260. The lowest BCUT2D eigenvalue weighted by Crippen LogP contribution is -2.54. The average Bonchev–Trinajstić information content (AvgIpc) is 3.38. The first-order valence-corrected chi connectivity index (χ1v) is 13.5. The van der Waals surface area contributed by atoms with Gasteiger partial charge in [-0.3, -0.25) is 0 Å². The van der Waals surface area contributed by atoms with Gasteiger partial charge in [-0.2, -0.15) is 0 Å². The highest BCUT2D eigenvalue weighted by molar-refractivity contribution is 5.58. The largest absolute Gasteiger partial charge is 0.573 e. The lowest BCUT2D eigenvalue weighted by atomic mass is 9.89. The van der Waals surface area contributed by atoms with Crippen LogP contribution in [0.3, 0.4) is 0 Å². The van der Waals surface area contributed by atoms with Crippen molar-refractivity contribution in [3.63, 3.8) is 0 Å². The van der Waals surface area contributed by atoms with E-state index in [1.54, 1.807) is 12.1 Å². The quantitative estimate of drug-likeness (QED) is 0.273. The Hall–Kier alpha value is -3.61. The smallest absolute Gasteiger partial charge is 0.424 e. The van der Waals surface area contributed by atoms with Gasteiger partial charge in [-0.25, -0.2) is 4.98 Å². The summed E-state index contributed by atoms with van der Waals surface area (Å²) in [6.45, 7) is 1.53. The van der Waals surface area contributed by atoms with Gasteiger partial charge in [-0.15, -0.1) is 26.3 Å². The third kappa shape index (κ3) is 8.21. The van der Waals surface area contributed by atoms with Crippen molar-refractivity contribution in [1.82, 2.24) is 10.3 Å². The van der Waals surface area contributed by atoms with E-state index in [-0.39, 0.29) is 29.6 Å². The van der Waals surface area contributed by atoms with Crippen molar-refractivity contribution in [2.45, 2.75) is 69.4 Å². The predicted molar refractivity (Wildman–Crippen MR) is 140 cm³/mol. The number of nitrogens with zero attached hydrogens (tertiary/aromatic N) is 2. The van der Waals surface area contributed by atoms with Crippen molar-refractivity contribution in [1.29, 1.82) is 0 Å². The van der Waals surface area contributed by atoms with Crippen molar-refractivity contribution in [2.75, 3.05) is 23.3 Å². The maximum Gasteiger partial charge on any atom is 0.573 e. The second-order valence-corrected chi connectivity index (χ2v) is 10.2. The van der Waals surface area contributed by atoms with Gasteiger partial charge >= 0.3 is 12.7 Å². The summed E-state index contributed by atoms with van der Waals surface area (Å²) in [5, 5.41) is 7.17. The molecule has 13 heteroatoms. The zero-order valence-electron chi connectivity index (χ0n) is 22.0. The van der Waals surface area contributed by atoms with Crippen molar-refractivity contribution >= 4 is 11.7 Å². The van der Waals surface area contributed by atoms with Crippen LogP contribution in [0.15, 0.2) is 59.1 Å². The molecule has 2 heterocycles. The first-order valence-electron chi connectivity index (χ1n) is 13.5. The fourth-order valence-corrected chi connectivity index (χ4v) is 5.47. The second-order valence-electron chi connectivity index (χ2n) is 10.2. The molecule has 1 aromatic heterocycles. The van der Waals surface area contributed by atoms with E-state index in [2.05, 4.69) is 30.0 Å². The Balaban J connectivity index is 1.18. The molecule has 0 amide bonds. The van der Waals surface area contributed by atoms with Crippen LogP contribution in [0.25, 0.3) is 11.3 Å². The molecule has 1 aliphatic carbocycles. The molecule has 0 spiro atoms. The van der Waals surface area contributed by atoms with Crippen LogP contribution in [-0.2, 0) is 0 Å². The van der Waals surface area contributed by atoms with Crippen molar-refractivity contribution in [2.24, 2.45) is 0 Å². The average molecular weight is 585 g/mol. The van der Waals surface area contributed by atoms with Crippen LogP contribution in [0.5, 0.6) is 11.5 Å². The van der Waals surface area contributed by atoms with Crippen molar-refractivity contribution in [3.05, 3.63) is 54.7 Å². The second kappa shape index (κ2) is 12.1. The van der Waals surface area contributed by atoms with E-state index < -0.39 is 12.7 Å². The molecule has 0 radical (unpaired) electrons. The fourth-order valence-electron chi connectivity index (χ4n) is 5.47. The van der Waals surface area contributed by atoms with Crippen LogP contribution in [0.1, 0.15) is 38.5 Å². The number of anilines is 2. The van der Waals surface area contributed by atoms with Crippen LogP contribution in [0, 0.1) is 0 Å². The maximum absolute atomic E-state index is 12.5. The number of hydrogen-bond acceptors (Lipinski definition) is 7. The number of alkyl halides is 6. The summed E-state index contributed by atoms with van der Waals surface area (Å²) in [6.07, 6.45) is -2.03. The lowest BCUT2D eigenvalue weighted by molar-refractivity contribution is -0.275. The summed E-state index contributed by atoms with van der Waals surface area (Å²) in [7, 11) is 0. The van der Waals surface area contributed by atoms with Gasteiger partial charge in [0.05, 0.1) is 6.20 Å². The topological polar surface area (TPSA) is 71.8 Å². The van der Waals surface area contributed by atoms with Gasteiger partial charge in [0.15, 0.2) is 5.76 Å². The minimum absolute atomic E-state index is 0.0620. The Morgan fingerprint density at radius 2 is 1.39 bits per heavy atom. The van der Waals surface area contributed by atoms with E-state index in [1.807, 2.05) is 0 Å². The highest BCUT2D eigenvalue weighted by Gasteiger charge is 2.33. The molecule has 1 saturated carbocycles. The summed E-state index contributed by atoms with van der Waals surface area (Å²) >= 11 is 0. The number of aromatic nitrogens is 1. The molecule has 1 saturated heterocycles. The van der Waals surface area contributed by atoms with Crippen LogP contribution >= 0.6 is 0 Å². The molecular formula is C28H30F6N4O3. The van der Waals surface area contributed by atoms with E-state index in [0.717, 1.165) is 57.3 Å². The molecule has 41 heavy (non-hydrogen) atoms. The third-order valence-corrected chi connectivity index (χ3v) is 7.26. The standard InChI is InChI=1S/C28H30F6N4O3/c29-27(30,31)40-21-11-7-18(8-12-21)25-16-35-26(39-25)37-24-6-2-1-5-23(24)36-19-4-3-15-38(17-19)20-9-13-22(14-10-20)41-28(32,33)34/h7-14,16,19,23-24,36H,1-6,15,17H2,(H,35,37). The molecular weight excluding hydrogens is 554 g/mol. The molecule has 1 aliphatic heterocycles. The van der Waals surface area contributed by atoms with Crippen LogP contribution in [0.2, 0.25) is 0 Å². The number of piperidine rings is 1. The minimum Gasteiger partial charge on any atom is -0.424 e. The number of oxazole rings is 1. The molecule has 3 unspecified atom stereocenters. The highest BCUT2D eigenvalue weighted by Crippen LogP contribution is 2.31. The van der Waals surface area contributed by atoms with Crippen LogP contribution in [-0.4, -0.2) is 48.9 Å². The van der Waals surface area contributed by atoms with E-state index in [1.165, 1.54) is 42.6 Å². The minimum atomic E-state index is -4.76. The predicted octanol–water partition coefficient (Wildman–Crippen LogP) is 7.12. The number of nitrogens with one attached hydrogen (secondary N) is 2. The summed E-state index contributed by atoms with van der Waals surface area (Å²) in [5.41, 5.74) is 1.41. The van der Waals surface area contributed by atoms with Gasteiger partial charge in [0.2, 0.25) is 0 Å². The molecule has 222 valence electrons. The van der Waals surface area contributed by atoms with Crippen molar-refractivity contribution < 1.29 is 40.2 Å². The number of halogens is 6. The van der Waals surface area contributed by atoms with E-state index in [9.17, 15) is 26.3 Å². The zero-order valence-corrected chi connectivity index (χ0v) is 22.0. The SMILES string of the molecule is FC(F)(F)Oc1ccc(-c2cnc(NC3CCCCC3NC3CCCN(c4ccc(OC(F)(F)F)cc4)C3)o2)cc1. The van der Waals surface area contributed by atoms with Gasteiger partial charge < -0.3 is 29.4 Å². The molecule has 2 aromatic carbocycles. The monoisotopic (exact) mass is 584 g/mol. The van der Waals surface area contributed by atoms with Gasteiger partial charge in [-0.1, -0.05) is 12.8 Å². The third-order valence-electron chi connectivity index (χ3n) is 7.26. The maximum atomic E-state index is 12.5. The molecule has 0 bridgehead atoms. The number of ether oxygens (including phenoxy) is 2. The van der Waals surface area contributed by atoms with E-state index in [0.29, 0.717) is 17.3 Å². The fraction of sp³-hybridized carbons (Fsp3) is 0.464. The molecule has 7 nitrogen and oxygen atoms in total.